The second kappa shape index (κ2) is 8.51. The third-order valence-corrected chi connectivity index (χ3v) is 2.51. The van der Waals surface area contributed by atoms with E-state index in [0.29, 0.717) is 12.1 Å². The van der Waals surface area contributed by atoms with Crippen molar-refractivity contribution in [3.05, 3.63) is 11.8 Å². The molecule has 0 aliphatic carbocycles. The van der Waals surface area contributed by atoms with Crippen LogP contribution in [0.1, 0.15) is 53.9 Å². The van der Waals surface area contributed by atoms with Gasteiger partial charge in [0.15, 0.2) is 0 Å². The van der Waals surface area contributed by atoms with Gasteiger partial charge in [-0.1, -0.05) is 26.8 Å². The minimum absolute atomic E-state index is 0.420. The van der Waals surface area contributed by atoms with Crippen molar-refractivity contribution in [1.82, 2.24) is 5.32 Å². The highest BCUT2D eigenvalue weighted by Crippen LogP contribution is 1.99. The summed E-state index contributed by atoms with van der Waals surface area (Å²) < 4.78 is 0. The maximum atomic E-state index is 4.49. The van der Waals surface area contributed by atoms with Gasteiger partial charge in [0, 0.05) is 24.0 Å². The third kappa shape index (κ3) is 7.18. The van der Waals surface area contributed by atoms with Crippen molar-refractivity contribution in [3.63, 3.8) is 0 Å². The topological polar surface area (TPSA) is 24.4 Å². The van der Waals surface area contributed by atoms with E-state index < -0.39 is 0 Å². The Bertz CT molecular complexity index is 207. The van der Waals surface area contributed by atoms with E-state index in [1.54, 1.807) is 0 Å². The zero-order chi connectivity index (χ0) is 11.7. The number of hydrogen-bond acceptors (Lipinski definition) is 2. The maximum absolute atomic E-state index is 4.49. The summed E-state index contributed by atoms with van der Waals surface area (Å²) in [5.74, 6) is 0. The zero-order valence-corrected chi connectivity index (χ0v) is 10.9. The molecule has 0 saturated carbocycles. The van der Waals surface area contributed by atoms with E-state index in [1.165, 1.54) is 0 Å². The first-order valence-electron chi connectivity index (χ1n) is 6.13. The first kappa shape index (κ1) is 14.2. The molecule has 2 nitrogen and oxygen atoms in total. The quantitative estimate of drug-likeness (QED) is 0.639. The average molecular weight is 210 g/mol. The fourth-order valence-corrected chi connectivity index (χ4v) is 1.07. The maximum Gasteiger partial charge on any atom is 0.0483 e. The van der Waals surface area contributed by atoms with Gasteiger partial charge in [0.25, 0.3) is 0 Å². The molecule has 2 atom stereocenters. The molecule has 0 aliphatic heterocycles. The number of aliphatic imine (C=N–C) groups is 1. The molecule has 1 N–H and O–H groups in total. The molecule has 0 amide bonds. The summed E-state index contributed by atoms with van der Waals surface area (Å²) in [4.78, 5) is 4.49. The molecule has 0 heterocycles. The molecule has 0 saturated heterocycles. The largest absolute Gasteiger partial charge is 0.382 e. The van der Waals surface area contributed by atoms with Gasteiger partial charge in [-0.3, -0.25) is 4.99 Å². The van der Waals surface area contributed by atoms with E-state index in [9.17, 15) is 0 Å². The molecular formula is C13H26N2. The van der Waals surface area contributed by atoms with Crippen molar-refractivity contribution in [2.75, 3.05) is 0 Å². The second-order valence-electron chi connectivity index (χ2n) is 4.06. The standard InChI is InChI=1S/C13H26N2/c1-6-9-13(15-12(5)8-3)10-14-11(4)7-2/h9-12,15H,6-8H2,1-5H3. The first-order chi connectivity index (χ1) is 7.13. The molecule has 0 spiro atoms. The van der Waals surface area contributed by atoms with Gasteiger partial charge in [0.1, 0.15) is 0 Å². The molecule has 0 aromatic heterocycles. The lowest BCUT2D eigenvalue weighted by Gasteiger charge is -2.13. The van der Waals surface area contributed by atoms with Gasteiger partial charge in [-0.05, 0) is 33.1 Å². The first-order valence-corrected chi connectivity index (χ1v) is 6.13. The summed E-state index contributed by atoms with van der Waals surface area (Å²) in [6, 6.07) is 0.940. The van der Waals surface area contributed by atoms with Crippen LogP contribution in [-0.4, -0.2) is 18.3 Å². The van der Waals surface area contributed by atoms with Crippen molar-refractivity contribution in [2.45, 2.75) is 66.0 Å². The molecule has 88 valence electrons. The smallest absolute Gasteiger partial charge is 0.0483 e. The summed E-state index contributed by atoms with van der Waals surface area (Å²) in [6.45, 7) is 10.8. The molecule has 0 bridgehead atoms. The summed E-state index contributed by atoms with van der Waals surface area (Å²) in [7, 11) is 0. The predicted octanol–water partition coefficient (Wildman–Crippen LogP) is 3.54. The Hall–Kier alpha value is -0.790. The minimum atomic E-state index is 0.420. The Labute approximate surface area is 94.9 Å². The monoisotopic (exact) mass is 210 g/mol. The highest BCUT2D eigenvalue weighted by molar-refractivity contribution is 5.77. The second-order valence-corrected chi connectivity index (χ2v) is 4.06. The van der Waals surface area contributed by atoms with E-state index in [2.05, 4.69) is 51.0 Å². The average Bonchev–Trinajstić information content (AvgIpc) is 2.25. The van der Waals surface area contributed by atoms with E-state index in [0.717, 1.165) is 25.0 Å². The molecule has 15 heavy (non-hydrogen) atoms. The van der Waals surface area contributed by atoms with Crippen LogP contribution in [0.5, 0.6) is 0 Å². The van der Waals surface area contributed by atoms with Gasteiger partial charge in [-0.2, -0.15) is 0 Å². The normalized spacial score (nSPS) is 16.7. The van der Waals surface area contributed by atoms with E-state index in [-0.39, 0.29) is 0 Å². The fourth-order valence-electron chi connectivity index (χ4n) is 1.07. The van der Waals surface area contributed by atoms with E-state index in [4.69, 9.17) is 0 Å². The molecule has 0 radical (unpaired) electrons. The number of nitrogens with one attached hydrogen (secondary N) is 1. The van der Waals surface area contributed by atoms with Gasteiger partial charge in [-0.15, -0.1) is 0 Å². The number of hydrogen-bond donors (Lipinski definition) is 1. The summed E-state index contributed by atoms with van der Waals surface area (Å²) in [5.41, 5.74) is 1.16. The molecule has 0 rings (SSSR count). The van der Waals surface area contributed by atoms with Crippen LogP contribution in [0.4, 0.5) is 0 Å². The summed E-state index contributed by atoms with van der Waals surface area (Å²) in [5, 5.41) is 3.46. The highest BCUT2D eigenvalue weighted by Gasteiger charge is 1.99. The Morgan fingerprint density at radius 1 is 1.20 bits per heavy atom. The van der Waals surface area contributed by atoms with Crippen LogP contribution in [0.15, 0.2) is 16.8 Å². The number of nitrogens with zero attached hydrogens (tertiary/aromatic N) is 1. The lowest BCUT2D eigenvalue weighted by Crippen LogP contribution is -2.25. The molecule has 0 aromatic carbocycles. The van der Waals surface area contributed by atoms with E-state index in [1.807, 2.05) is 6.21 Å². The van der Waals surface area contributed by atoms with Crippen molar-refractivity contribution in [2.24, 2.45) is 4.99 Å². The van der Waals surface area contributed by atoms with Crippen molar-refractivity contribution < 1.29 is 0 Å². The van der Waals surface area contributed by atoms with Crippen LogP contribution in [0.3, 0.4) is 0 Å². The van der Waals surface area contributed by atoms with Gasteiger partial charge in [0.2, 0.25) is 0 Å². The van der Waals surface area contributed by atoms with E-state index >= 15 is 0 Å². The minimum Gasteiger partial charge on any atom is -0.382 e. The van der Waals surface area contributed by atoms with Crippen molar-refractivity contribution in [1.29, 1.82) is 0 Å². The molecule has 0 aromatic rings. The lowest BCUT2D eigenvalue weighted by atomic mass is 10.2. The molecule has 0 fully saturated rings. The Kier molecular flexibility index (Phi) is 8.06. The Balaban J connectivity index is 4.28. The van der Waals surface area contributed by atoms with Crippen molar-refractivity contribution in [3.8, 4) is 0 Å². The van der Waals surface area contributed by atoms with Gasteiger partial charge in [-0.25, -0.2) is 0 Å². The van der Waals surface area contributed by atoms with Crippen LogP contribution in [-0.2, 0) is 0 Å². The predicted molar refractivity (Wildman–Crippen MR) is 69.5 cm³/mol. The summed E-state index contributed by atoms with van der Waals surface area (Å²) in [6.07, 6.45) is 7.45. The Morgan fingerprint density at radius 2 is 1.87 bits per heavy atom. The molecular weight excluding hydrogens is 184 g/mol. The molecule has 0 aliphatic rings. The van der Waals surface area contributed by atoms with Crippen LogP contribution >= 0.6 is 0 Å². The summed E-state index contributed by atoms with van der Waals surface area (Å²) >= 11 is 0. The van der Waals surface area contributed by atoms with Gasteiger partial charge < -0.3 is 5.32 Å². The third-order valence-electron chi connectivity index (χ3n) is 2.51. The fraction of sp³-hybridized carbons (Fsp3) is 0.769. The van der Waals surface area contributed by atoms with Crippen LogP contribution in [0.2, 0.25) is 0 Å². The SMILES string of the molecule is CCC=C(C=NC(C)CC)NC(C)CC. The molecule has 2 unspecified atom stereocenters. The molecule has 2 heteroatoms. The van der Waals surface area contributed by atoms with Crippen molar-refractivity contribution >= 4 is 6.21 Å². The number of allylic oxidation sites excluding steroid dienone is 2. The van der Waals surface area contributed by atoms with Gasteiger partial charge in [0.05, 0.1) is 0 Å². The lowest BCUT2D eigenvalue weighted by molar-refractivity contribution is 0.607. The van der Waals surface area contributed by atoms with Crippen LogP contribution < -0.4 is 5.32 Å². The Morgan fingerprint density at radius 3 is 2.33 bits per heavy atom. The van der Waals surface area contributed by atoms with Crippen LogP contribution in [0.25, 0.3) is 0 Å². The number of rotatable bonds is 7. The zero-order valence-electron chi connectivity index (χ0n) is 10.9. The highest BCUT2D eigenvalue weighted by atomic mass is 14.9. The van der Waals surface area contributed by atoms with Gasteiger partial charge >= 0.3 is 0 Å². The van der Waals surface area contributed by atoms with Crippen LogP contribution in [0, 0.1) is 0 Å².